The molecule has 0 spiro atoms. The molecule has 1 aliphatic rings. The summed E-state index contributed by atoms with van der Waals surface area (Å²) in [6.45, 7) is 0.695. The maximum Gasteiger partial charge on any atom is 0.255 e. The van der Waals surface area contributed by atoms with Crippen molar-refractivity contribution in [1.82, 2.24) is 4.90 Å². The largest absolute Gasteiger partial charge is 0.497 e. The number of rotatable bonds is 5. The monoisotopic (exact) mass is 359 g/mol. The van der Waals surface area contributed by atoms with Crippen LogP contribution in [0.5, 0.6) is 17.2 Å². The zero-order chi connectivity index (χ0) is 17.8. The summed E-state index contributed by atoms with van der Waals surface area (Å²) in [5, 5.41) is -0.0837. The molecule has 1 atom stereocenters. The first-order chi connectivity index (χ1) is 12.2. The summed E-state index contributed by atoms with van der Waals surface area (Å²) in [4.78, 5) is 14.9. The number of ether oxygens (including phenoxy) is 3. The SMILES string of the molecule is COc1cccc(C(=O)N2CCSC2c2ccc(OC)cc2OC)c1. The highest BCUT2D eigenvalue weighted by Crippen LogP contribution is 2.43. The van der Waals surface area contributed by atoms with E-state index in [1.54, 1.807) is 39.2 Å². The van der Waals surface area contributed by atoms with E-state index in [9.17, 15) is 4.79 Å². The molecule has 25 heavy (non-hydrogen) atoms. The molecule has 1 heterocycles. The number of thioether (sulfide) groups is 1. The van der Waals surface area contributed by atoms with Crippen LogP contribution in [0, 0.1) is 0 Å². The third kappa shape index (κ3) is 3.54. The van der Waals surface area contributed by atoms with Crippen LogP contribution in [0.3, 0.4) is 0 Å². The van der Waals surface area contributed by atoms with Crippen molar-refractivity contribution in [3.63, 3.8) is 0 Å². The second-order valence-corrected chi connectivity index (χ2v) is 6.75. The lowest BCUT2D eigenvalue weighted by Crippen LogP contribution is -2.30. The van der Waals surface area contributed by atoms with Gasteiger partial charge in [0.15, 0.2) is 0 Å². The van der Waals surface area contributed by atoms with Crippen molar-refractivity contribution in [3.8, 4) is 17.2 Å². The molecule has 1 amide bonds. The molecule has 5 nitrogen and oxygen atoms in total. The Labute approximate surface area is 151 Å². The zero-order valence-corrected chi connectivity index (χ0v) is 15.3. The quantitative estimate of drug-likeness (QED) is 0.816. The number of nitrogens with zero attached hydrogens (tertiary/aromatic N) is 1. The van der Waals surface area contributed by atoms with Crippen LogP contribution in [0.25, 0.3) is 0 Å². The van der Waals surface area contributed by atoms with Crippen LogP contribution in [0.4, 0.5) is 0 Å². The predicted molar refractivity (Wildman–Crippen MR) is 98.8 cm³/mol. The van der Waals surface area contributed by atoms with E-state index >= 15 is 0 Å². The lowest BCUT2D eigenvalue weighted by Gasteiger charge is -2.26. The Morgan fingerprint density at radius 1 is 1.04 bits per heavy atom. The zero-order valence-electron chi connectivity index (χ0n) is 14.5. The molecule has 1 saturated heterocycles. The van der Waals surface area contributed by atoms with Gasteiger partial charge in [-0.25, -0.2) is 0 Å². The lowest BCUT2D eigenvalue weighted by atomic mass is 10.1. The van der Waals surface area contributed by atoms with E-state index in [1.807, 2.05) is 41.3 Å². The van der Waals surface area contributed by atoms with E-state index in [4.69, 9.17) is 14.2 Å². The van der Waals surface area contributed by atoms with E-state index in [0.717, 1.165) is 22.8 Å². The summed E-state index contributed by atoms with van der Waals surface area (Å²) < 4.78 is 16.0. The third-order valence-corrected chi connectivity index (χ3v) is 5.42. The fourth-order valence-corrected chi connectivity index (χ4v) is 4.16. The minimum absolute atomic E-state index is 0.00762. The summed E-state index contributed by atoms with van der Waals surface area (Å²) in [5.41, 5.74) is 1.60. The van der Waals surface area contributed by atoms with Crippen molar-refractivity contribution in [2.24, 2.45) is 0 Å². The number of hydrogen-bond acceptors (Lipinski definition) is 5. The molecular formula is C19H21NO4S. The molecule has 0 aliphatic carbocycles. The van der Waals surface area contributed by atoms with E-state index in [-0.39, 0.29) is 11.3 Å². The average Bonchev–Trinajstić information content (AvgIpc) is 3.16. The van der Waals surface area contributed by atoms with Gasteiger partial charge in [0.25, 0.3) is 5.91 Å². The van der Waals surface area contributed by atoms with E-state index in [0.29, 0.717) is 17.9 Å². The van der Waals surface area contributed by atoms with Crippen LogP contribution in [-0.4, -0.2) is 44.4 Å². The number of methoxy groups -OCH3 is 3. The van der Waals surface area contributed by atoms with Gasteiger partial charge in [-0.15, -0.1) is 11.8 Å². The number of carbonyl (C=O) groups excluding carboxylic acids is 1. The van der Waals surface area contributed by atoms with Crippen molar-refractivity contribution in [2.45, 2.75) is 5.37 Å². The van der Waals surface area contributed by atoms with Gasteiger partial charge in [0.1, 0.15) is 22.6 Å². The van der Waals surface area contributed by atoms with Crippen LogP contribution < -0.4 is 14.2 Å². The Balaban J connectivity index is 1.91. The Bertz CT molecular complexity index is 765. The van der Waals surface area contributed by atoms with Gasteiger partial charge in [-0.1, -0.05) is 6.07 Å². The fraction of sp³-hybridized carbons (Fsp3) is 0.316. The maximum absolute atomic E-state index is 13.0. The highest BCUT2D eigenvalue weighted by atomic mass is 32.2. The molecule has 0 N–H and O–H groups in total. The number of carbonyl (C=O) groups is 1. The summed E-state index contributed by atoms with van der Waals surface area (Å²) >= 11 is 1.73. The highest BCUT2D eigenvalue weighted by molar-refractivity contribution is 7.99. The van der Waals surface area contributed by atoms with Crippen molar-refractivity contribution >= 4 is 17.7 Å². The van der Waals surface area contributed by atoms with Crippen LogP contribution >= 0.6 is 11.8 Å². The first-order valence-electron chi connectivity index (χ1n) is 7.96. The van der Waals surface area contributed by atoms with E-state index < -0.39 is 0 Å². The predicted octanol–water partition coefficient (Wildman–Crippen LogP) is 3.60. The summed E-state index contributed by atoms with van der Waals surface area (Å²) in [7, 11) is 4.85. The van der Waals surface area contributed by atoms with Crippen LogP contribution in [-0.2, 0) is 0 Å². The van der Waals surface area contributed by atoms with Crippen molar-refractivity contribution < 1.29 is 19.0 Å². The second kappa shape index (κ2) is 7.70. The van der Waals surface area contributed by atoms with Gasteiger partial charge >= 0.3 is 0 Å². The number of amides is 1. The van der Waals surface area contributed by atoms with Gasteiger partial charge in [-0.3, -0.25) is 4.79 Å². The molecule has 132 valence electrons. The molecular weight excluding hydrogens is 338 g/mol. The van der Waals surface area contributed by atoms with Gasteiger partial charge < -0.3 is 19.1 Å². The molecule has 3 rings (SSSR count). The molecule has 0 bridgehead atoms. The van der Waals surface area contributed by atoms with Crippen molar-refractivity contribution in [2.75, 3.05) is 33.6 Å². The van der Waals surface area contributed by atoms with Crippen LogP contribution in [0.2, 0.25) is 0 Å². The van der Waals surface area contributed by atoms with Gasteiger partial charge in [0.2, 0.25) is 0 Å². The Morgan fingerprint density at radius 3 is 2.52 bits per heavy atom. The molecule has 6 heteroatoms. The maximum atomic E-state index is 13.0. The van der Waals surface area contributed by atoms with Crippen molar-refractivity contribution in [3.05, 3.63) is 53.6 Å². The van der Waals surface area contributed by atoms with Gasteiger partial charge in [-0.2, -0.15) is 0 Å². The molecule has 0 radical (unpaired) electrons. The molecule has 0 aromatic heterocycles. The molecule has 0 saturated carbocycles. The summed E-state index contributed by atoms with van der Waals surface area (Å²) in [5.74, 6) is 3.01. The van der Waals surface area contributed by atoms with Crippen LogP contribution in [0.15, 0.2) is 42.5 Å². The second-order valence-electron chi connectivity index (χ2n) is 5.56. The summed E-state index contributed by atoms with van der Waals surface area (Å²) in [6, 6.07) is 13.0. The third-order valence-electron chi connectivity index (χ3n) is 4.18. The van der Waals surface area contributed by atoms with E-state index in [1.165, 1.54) is 0 Å². The Kier molecular flexibility index (Phi) is 5.38. The highest BCUT2D eigenvalue weighted by Gasteiger charge is 2.33. The minimum atomic E-state index is -0.0837. The lowest BCUT2D eigenvalue weighted by molar-refractivity contribution is 0.0759. The Morgan fingerprint density at radius 2 is 1.80 bits per heavy atom. The van der Waals surface area contributed by atoms with Gasteiger partial charge in [0.05, 0.1) is 21.3 Å². The van der Waals surface area contributed by atoms with Crippen molar-refractivity contribution in [1.29, 1.82) is 0 Å². The minimum Gasteiger partial charge on any atom is -0.497 e. The number of hydrogen-bond donors (Lipinski definition) is 0. The van der Waals surface area contributed by atoms with Gasteiger partial charge in [-0.05, 0) is 30.3 Å². The topological polar surface area (TPSA) is 48.0 Å². The normalized spacial score (nSPS) is 16.6. The first-order valence-corrected chi connectivity index (χ1v) is 9.01. The van der Waals surface area contributed by atoms with Crippen LogP contribution in [0.1, 0.15) is 21.3 Å². The molecule has 1 fully saturated rings. The average molecular weight is 359 g/mol. The molecule has 2 aromatic rings. The molecule has 1 unspecified atom stereocenters. The molecule has 2 aromatic carbocycles. The summed E-state index contributed by atoms with van der Waals surface area (Å²) in [6.07, 6.45) is 0. The molecule has 1 aliphatic heterocycles. The number of benzene rings is 2. The van der Waals surface area contributed by atoms with E-state index in [2.05, 4.69) is 0 Å². The fourth-order valence-electron chi connectivity index (χ4n) is 2.88. The standard InChI is InChI=1S/C19H21NO4S/c1-22-14-6-4-5-13(11-14)18(21)20-9-10-25-19(20)16-8-7-15(23-2)12-17(16)24-3/h4-8,11-12,19H,9-10H2,1-3H3. The smallest absolute Gasteiger partial charge is 0.255 e. The first kappa shape index (κ1) is 17.5. The Hall–Kier alpha value is -2.34. The van der Waals surface area contributed by atoms with Gasteiger partial charge in [0, 0.05) is 29.5 Å².